The molecule has 0 aliphatic carbocycles. The molecule has 1 atom stereocenters. The number of rotatable bonds is 11. The lowest BCUT2D eigenvalue weighted by Gasteiger charge is -2.16. The lowest BCUT2D eigenvalue weighted by Crippen LogP contribution is -2.07. The van der Waals surface area contributed by atoms with Crippen LogP contribution >= 0.6 is 0 Å². The van der Waals surface area contributed by atoms with Crippen molar-refractivity contribution in [2.24, 2.45) is 5.92 Å². The normalized spacial score (nSPS) is 11.7. The quantitative estimate of drug-likeness (QED) is 0.180. The van der Waals surface area contributed by atoms with Crippen LogP contribution < -0.4 is 9.47 Å². The minimum absolute atomic E-state index is 0.228. The average Bonchev–Trinajstić information content (AvgIpc) is 2.86. The van der Waals surface area contributed by atoms with Gasteiger partial charge in [-0.25, -0.2) is 4.79 Å². The topological polar surface area (TPSA) is 82.1 Å². The second-order valence-corrected chi connectivity index (χ2v) is 8.74. The summed E-state index contributed by atoms with van der Waals surface area (Å²) in [5, 5.41) is 11.7. The number of aromatic hydroxyl groups is 1. The number of benzene rings is 3. The van der Waals surface area contributed by atoms with E-state index in [9.17, 15) is 14.7 Å². The van der Waals surface area contributed by atoms with Crippen molar-refractivity contribution in [3.05, 3.63) is 66.2 Å². The summed E-state index contributed by atoms with van der Waals surface area (Å²) < 4.78 is 16.3. The van der Waals surface area contributed by atoms with Gasteiger partial charge in [-0.1, -0.05) is 25.5 Å². The molecule has 3 aromatic rings. The zero-order valence-electron chi connectivity index (χ0n) is 21.4. The summed E-state index contributed by atoms with van der Waals surface area (Å²) in [6.07, 6.45) is 5.65. The lowest BCUT2D eigenvalue weighted by molar-refractivity contribution is -0.131. The first kappa shape index (κ1) is 26.8. The maximum Gasteiger partial charge on any atom is 0.338 e. The van der Waals surface area contributed by atoms with Gasteiger partial charge in [0, 0.05) is 17.7 Å². The second kappa shape index (κ2) is 12.2. The fourth-order valence-corrected chi connectivity index (χ4v) is 4.35. The van der Waals surface area contributed by atoms with E-state index in [0.717, 1.165) is 42.4 Å². The van der Waals surface area contributed by atoms with E-state index in [0.29, 0.717) is 22.4 Å². The maximum absolute atomic E-state index is 12.4. The van der Waals surface area contributed by atoms with Gasteiger partial charge in [-0.2, -0.15) is 0 Å². The van der Waals surface area contributed by atoms with Crippen molar-refractivity contribution in [2.75, 3.05) is 13.7 Å². The van der Waals surface area contributed by atoms with Crippen LogP contribution in [-0.4, -0.2) is 30.8 Å². The Morgan fingerprint density at radius 2 is 1.78 bits per heavy atom. The van der Waals surface area contributed by atoms with E-state index >= 15 is 0 Å². The Balaban J connectivity index is 2.11. The molecule has 0 aromatic heterocycles. The smallest absolute Gasteiger partial charge is 0.338 e. The Morgan fingerprint density at radius 3 is 2.42 bits per heavy atom. The number of fused-ring (bicyclic) bond motifs is 1. The molecule has 3 aromatic carbocycles. The molecule has 190 valence electrons. The molecule has 0 aliphatic rings. The molecular weight excluding hydrogens is 456 g/mol. The van der Waals surface area contributed by atoms with Crippen molar-refractivity contribution in [3.8, 4) is 28.4 Å². The number of aryl methyl sites for hydroxylation is 1. The number of phenols is 1. The molecule has 0 saturated carbocycles. The molecule has 6 nitrogen and oxygen atoms in total. The fourth-order valence-electron chi connectivity index (χ4n) is 4.35. The average molecular weight is 491 g/mol. The van der Waals surface area contributed by atoms with Gasteiger partial charge in [0.15, 0.2) is 0 Å². The van der Waals surface area contributed by atoms with Gasteiger partial charge in [-0.3, -0.25) is 4.79 Å². The number of hydrogen-bond donors (Lipinski definition) is 1. The highest BCUT2D eigenvalue weighted by atomic mass is 16.5. The molecule has 1 N–H and O–H groups in total. The molecule has 0 bridgehead atoms. The van der Waals surface area contributed by atoms with Gasteiger partial charge in [-0.15, -0.1) is 6.58 Å². The molecule has 3 rings (SSSR count). The Morgan fingerprint density at radius 1 is 1.03 bits per heavy atom. The van der Waals surface area contributed by atoms with Crippen LogP contribution in [0.3, 0.4) is 0 Å². The standard InChI is InChI=1S/C30H34O6/c1-6-9-20(7-2)10-11-22-14-21(12-13-27(22)32)23-15-26-25(28(17-23)34-5)16-24(30(33)35-8-3)18-29(26)36-19(4)31/h6,12-18,20,32H,1,7-11H2,2-5H3. The van der Waals surface area contributed by atoms with Gasteiger partial charge in [0.05, 0.1) is 19.3 Å². The van der Waals surface area contributed by atoms with E-state index in [1.54, 1.807) is 26.2 Å². The molecule has 0 heterocycles. The van der Waals surface area contributed by atoms with Crippen LogP contribution in [0.5, 0.6) is 17.2 Å². The highest BCUT2D eigenvalue weighted by Crippen LogP contribution is 2.39. The minimum atomic E-state index is -0.510. The maximum atomic E-state index is 12.4. The predicted octanol–water partition coefficient (Wildman–Crippen LogP) is 6.86. The number of ether oxygens (including phenoxy) is 3. The van der Waals surface area contributed by atoms with Crippen molar-refractivity contribution >= 4 is 22.7 Å². The molecule has 0 radical (unpaired) electrons. The van der Waals surface area contributed by atoms with Gasteiger partial charge in [0.1, 0.15) is 17.2 Å². The number of phenolic OH excluding ortho intramolecular Hbond substituents is 1. The van der Waals surface area contributed by atoms with Crippen molar-refractivity contribution in [2.45, 2.75) is 46.5 Å². The Hall–Kier alpha value is -3.80. The van der Waals surface area contributed by atoms with E-state index < -0.39 is 11.9 Å². The second-order valence-electron chi connectivity index (χ2n) is 8.74. The van der Waals surface area contributed by atoms with Crippen LogP contribution in [0.15, 0.2) is 55.1 Å². The van der Waals surface area contributed by atoms with Crippen LogP contribution in [0, 0.1) is 5.92 Å². The SMILES string of the molecule is C=CCC(CC)CCc1cc(-c2cc(OC)c3cc(C(=O)OCC)cc(OC(C)=O)c3c2)ccc1O. The third-order valence-corrected chi connectivity index (χ3v) is 6.29. The summed E-state index contributed by atoms with van der Waals surface area (Å²) in [6, 6.07) is 12.5. The van der Waals surface area contributed by atoms with E-state index in [4.69, 9.17) is 14.2 Å². The summed E-state index contributed by atoms with van der Waals surface area (Å²) in [6.45, 7) is 9.28. The molecule has 0 aliphatic heterocycles. The molecule has 36 heavy (non-hydrogen) atoms. The predicted molar refractivity (Wildman–Crippen MR) is 142 cm³/mol. The third kappa shape index (κ3) is 6.25. The monoisotopic (exact) mass is 490 g/mol. The molecular formula is C30H34O6. The highest BCUT2D eigenvalue weighted by Gasteiger charge is 2.18. The molecule has 1 unspecified atom stereocenters. The summed E-state index contributed by atoms with van der Waals surface area (Å²) in [7, 11) is 1.55. The zero-order chi connectivity index (χ0) is 26.2. The summed E-state index contributed by atoms with van der Waals surface area (Å²) >= 11 is 0. The van der Waals surface area contributed by atoms with Crippen molar-refractivity contribution in [1.29, 1.82) is 0 Å². The first-order valence-electron chi connectivity index (χ1n) is 12.3. The number of allylic oxidation sites excluding steroid dienone is 1. The first-order chi connectivity index (χ1) is 17.3. The zero-order valence-corrected chi connectivity index (χ0v) is 21.4. The van der Waals surface area contributed by atoms with Crippen LogP contribution in [-0.2, 0) is 16.0 Å². The van der Waals surface area contributed by atoms with Crippen LogP contribution in [0.25, 0.3) is 21.9 Å². The Bertz CT molecular complexity index is 1260. The highest BCUT2D eigenvalue weighted by molar-refractivity contribution is 6.03. The fraction of sp³-hybridized carbons (Fsp3) is 0.333. The first-order valence-corrected chi connectivity index (χ1v) is 12.3. The van der Waals surface area contributed by atoms with E-state index in [1.807, 2.05) is 30.3 Å². The lowest BCUT2D eigenvalue weighted by atomic mass is 9.92. The number of hydrogen-bond acceptors (Lipinski definition) is 6. The van der Waals surface area contributed by atoms with E-state index in [-0.39, 0.29) is 23.7 Å². The molecule has 0 fully saturated rings. The molecule has 0 saturated heterocycles. The summed E-state index contributed by atoms with van der Waals surface area (Å²) in [5.41, 5.74) is 2.86. The van der Waals surface area contributed by atoms with Crippen LogP contribution in [0.1, 0.15) is 56.0 Å². The van der Waals surface area contributed by atoms with Gasteiger partial charge >= 0.3 is 11.9 Å². The Kier molecular flexibility index (Phi) is 9.12. The number of esters is 2. The number of carbonyl (C=O) groups is 2. The van der Waals surface area contributed by atoms with Crippen LogP contribution in [0.4, 0.5) is 0 Å². The van der Waals surface area contributed by atoms with Crippen molar-refractivity contribution in [3.63, 3.8) is 0 Å². The van der Waals surface area contributed by atoms with Gasteiger partial charge in [0.2, 0.25) is 0 Å². The molecule has 0 amide bonds. The number of methoxy groups -OCH3 is 1. The van der Waals surface area contributed by atoms with Crippen molar-refractivity contribution < 1.29 is 28.9 Å². The minimum Gasteiger partial charge on any atom is -0.508 e. The summed E-state index contributed by atoms with van der Waals surface area (Å²) in [4.78, 5) is 24.3. The van der Waals surface area contributed by atoms with E-state index in [2.05, 4.69) is 13.5 Å². The molecule has 0 spiro atoms. The van der Waals surface area contributed by atoms with Gasteiger partial charge in [-0.05, 0) is 85.2 Å². The summed E-state index contributed by atoms with van der Waals surface area (Å²) in [5.74, 6) is 0.541. The Labute approximate surface area is 212 Å². The van der Waals surface area contributed by atoms with Gasteiger partial charge < -0.3 is 19.3 Å². The van der Waals surface area contributed by atoms with E-state index in [1.165, 1.54) is 13.0 Å². The van der Waals surface area contributed by atoms with Crippen molar-refractivity contribution in [1.82, 2.24) is 0 Å². The number of carbonyl (C=O) groups excluding carboxylic acids is 2. The van der Waals surface area contributed by atoms with Gasteiger partial charge in [0.25, 0.3) is 0 Å². The molecule has 6 heteroatoms. The third-order valence-electron chi connectivity index (χ3n) is 6.29. The van der Waals surface area contributed by atoms with Crippen LogP contribution in [0.2, 0.25) is 0 Å². The largest absolute Gasteiger partial charge is 0.508 e.